The summed E-state index contributed by atoms with van der Waals surface area (Å²) in [7, 11) is 1.55. The van der Waals surface area contributed by atoms with E-state index in [1.807, 2.05) is 6.07 Å². The van der Waals surface area contributed by atoms with Gasteiger partial charge >= 0.3 is 0 Å². The summed E-state index contributed by atoms with van der Waals surface area (Å²) in [6, 6.07) is 7.97. The van der Waals surface area contributed by atoms with Gasteiger partial charge in [-0.3, -0.25) is 0 Å². The Bertz CT molecular complexity index is 1300. The molecule has 4 heterocycles. The number of ether oxygens (including phenoxy) is 1. The smallest absolute Gasteiger partial charge is 0.215 e. The van der Waals surface area contributed by atoms with Crippen LogP contribution in [0.15, 0.2) is 41.4 Å². The third-order valence-electron chi connectivity index (χ3n) is 5.32. The molecule has 1 aliphatic heterocycles. The molecule has 0 bridgehead atoms. The third-order valence-corrected chi connectivity index (χ3v) is 6.03. The summed E-state index contributed by atoms with van der Waals surface area (Å²) in [6.07, 6.45) is 1.69. The summed E-state index contributed by atoms with van der Waals surface area (Å²) in [5.41, 5.74) is 2.82. The van der Waals surface area contributed by atoms with E-state index >= 15 is 0 Å². The second kappa shape index (κ2) is 7.38. The van der Waals surface area contributed by atoms with E-state index in [4.69, 9.17) is 9.72 Å². The Kier molecular flexibility index (Phi) is 4.69. The Hall–Kier alpha value is -2.95. The van der Waals surface area contributed by atoms with Gasteiger partial charge in [0.2, 0.25) is 5.88 Å². The average Bonchev–Trinajstić information content (AvgIpc) is 3.04. The van der Waals surface area contributed by atoms with Gasteiger partial charge in [-0.2, -0.15) is 4.98 Å². The van der Waals surface area contributed by atoms with Crippen LogP contribution in [0.5, 0.6) is 5.88 Å². The predicted octanol–water partition coefficient (Wildman–Crippen LogP) is 2.44. The van der Waals surface area contributed by atoms with Crippen LogP contribution in [0.3, 0.4) is 0 Å². The summed E-state index contributed by atoms with van der Waals surface area (Å²) in [6.45, 7) is 2.00. The van der Waals surface area contributed by atoms with E-state index < -0.39 is 16.9 Å². The van der Waals surface area contributed by atoms with Gasteiger partial charge < -0.3 is 19.2 Å². The lowest BCUT2D eigenvalue weighted by molar-refractivity contribution is 0.399. The second-order valence-electron chi connectivity index (χ2n) is 7.14. The lowest BCUT2D eigenvalue weighted by Crippen LogP contribution is -2.41. The lowest BCUT2D eigenvalue weighted by Gasteiger charge is -2.27. The summed E-state index contributed by atoms with van der Waals surface area (Å²) in [4.78, 5) is 13.4. The van der Waals surface area contributed by atoms with Gasteiger partial charge in [-0.15, -0.1) is 0 Å². The molecule has 2 N–H and O–H groups in total. The first kappa shape index (κ1) is 19.0. The molecule has 0 spiro atoms. The number of methoxy groups -OCH3 is 1. The van der Waals surface area contributed by atoms with E-state index in [9.17, 15) is 13.2 Å². The molecule has 1 aromatic carbocycles. The van der Waals surface area contributed by atoms with Crippen molar-refractivity contribution in [2.45, 2.75) is 17.4 Å². The van der Waals surface area contributed by atoms with Gasteiger partial charge in [0.05, 0.1) is 18.8 Å². The van der Waals surface area contributed by atoms with Crippen LogP contribution in [-0.2, 0) is 17.6 Å². The standard InChI is InChI=1S/C20H18FN5O3S/c1-29-17-5-3-13-18-15(9-23-19(13)25-17)24-20(12-7-22-8-12)26(18)10-11-2-4-16(30(27)28)14(21)6-11/h2-6,9,12,22H,7-8,10H2,1H3,(H,27,28). The molecule has 154 valence electrons. The molecule has 0 radical (unpaired) electrons. The summed E-state index contributed by atoms with van der Waals surface area (Å²) >= 11 is -2.37. The normalized spacial score (nSPS) is 15.4. The summed E-state index contributed by atoms with van der Waals surface area (Å²) in [5, 5.41) is 4.08. The fourth-order valence-electron chi connectivity index (χ4n) is 3.72. The fourth-order valence-corrected chi connectivity index (χ4v) is 4.13. The Morgan fingerprint density at radius 3 is 2.80 bits per heavy atom. The van der Waals surface area contributed by atoms with Gasteiger partial charge in [-0.25, -0.2) is 18.6 Å². The van der Waals surface area contributed by atoms with Crippen LogP contribution in [0.2, 0.25) is 0 Å². The Morgan fingerprint density at radius 2 is 2.13 bits per heavy atom. The lowest BCUT2D eigenvalue weighted by atomic mass is 10.0. The van der Waals surface area contributed by atoms with Gasteiger partial charge in [0.25, 0.3) is 0 Å². The number of hydrogen-bond acceptors (Lipinski definition) is 6. The molecule has 1 unspecified atom stereocenters. The van der Waals surface area contributed by atoms with Gasteiger partial charge in [-0.1, -0.05) is 6.07 Å². The van der Waals surface area contributed by atoms with Crippen molar-refractivity contribution in [1.82, 2.24) is 24.8 Å². The first-order chi connectivity index (χ1) is 14.5. The van der Waals surface area contributed by atoms with Crippen LogP contribution >= 0.6 is 0 Å². The average molecular weight is 427 g/mol. The minimum Gasteiger partial charge on any atom is -0.481 e. The van der Waals surface area contributed by atoms with Crippen molar-refractivity contribution < 1.29 is 17.9 Å². The number of nitrogens with one attached hydrogen (secondary N) is 1. The van der Waals surface area contributed by atoms with E-state index in [0.29, 0.717) is 23.6 Å². The minimum absolute atomic E-state index is 0.233. The molecule has 30 heavy (non-hydrogen) atoms. The van der Waals surface area contributed by atoms with Crippen LogP contribution in [0.4, 0.5) is 4.39 Å². The zero-order valence-corrected chi connectivity index (χ0v) is 16.8. The molecular formula is C20H18FN5O3S. The Morgan fingerprint density at radius 1 is 1.30 bits per heavy atom. The van der Waals surface area contributed by atoms with Crippen molar-refractivity contribution in [1.29, 1.82) is 0 Å². The van der Waals surface area contributed by atoms with E-state index in [1.165, 1.54) is 12.1 Å². The van der Waals surface area contributed by atoms with Crippen molar-refractivity contribution in [3.05, 3.63) is 53.7 Å². The van der Waals surface area contributed by atoms with E-state index in [2.05, 4.69) is 19.9 Å². The SMILES string of the molecule is COc1ccc2c(ncc3nc(C4CNC4)n(Cc4ccc(S(=O)O)c(F)c4)c32)n1. The van der Waals surface area contributed by atoms with Crippen LogP contribution < -0.4 is 10.1 Å². The van der Waals surface area contributed by atoms with E-state index in [-0.39, 0.29) is 10.8 Å². The quantitative estimate of drug-likeness (QED) is 0.472. The monoisotopic (exact) mass is 427 g/mol. The van der Waals surface area contributed by atoms with Crippen LogP contribution in [0.1, 0.15) is 17.3 Å². The molecule has 0 amide bonds. The number of aromatic nitrogens is 4. The maximum atomic E-state index is 14.3. The van der Waals surface area contributed by atoms with E-state index in [1.54, 1.807) is 25.4 Å². The maximum absolute atomic E-state index is 14.3. The predicted molar refractivity (Wildman–Crippen MR) is 110 cm³/mol. The van der Waals surface area contributed by atoms with Crippen molar-refractivity contribution in [2.75, 3.05) is 20.2 Å². The highest BCUT2D eigenvalue weighted by molar-refractivity contribution is 7.79. The number of imidazole rings is 1. The van der Waals surface area contributed by atoms with E-state index in [0.717, 1.165) is 35.3 Å². The van der Waals surface area contributed by atoms with Crippen LogP contribution in [-0.4, -0.2) is 48.5 Å². The molecular weight excluding hydrogens is 409 g/mol. The highest BCUT2D eigenvalue weighted by atomic mass is 32.2. The molecule has 3 aromatic heterocycles. The number of rotatable bonds is 5. The Labute approximate surface area is 173 Å². The molecule has 5 rings (SSSR count). The highest BCUT2D eigenvalue weighted by Crippen LogP contribution is 2.30. The first-order valence-electron chi connectivity index (χ1n) is 9.35. The molecule has 1 fully saturated rings. The molecule has 8 nitrogen and oxygen atoms in total. The van der Waals surface area contributed by atoms with Crippen LogP contribution in [0.25, 0.3) is 22.1 Å². The first-order valence-corrected chi connectivity index (χ1v) is 10.5. The minimum atomic E-state index is -2.37. The number of benzene rings is 1. The number of halogens is 1. The highest BCUT2D eigenvalue weighted by Gasteiger charge is 2.27. The molecule has 0 aliphatic carbocycles. The van der Waals surface area contributed by atoms with Crippen molar-refractivity contribution in [2.24, 2.45) is 0 Å². The maximum Gasteiger partial charge on any atom is 0.215 e. The summed E-state index contributed by atoms with van der Waals surface area (Å²) in [5.74, 6) is 0.901. The van der Waals surface area contributed by atoms with Gasteiger partial charge in [0.15, 0.2) is 16.7 Å². The van der Waals surface area contributed by atoms with Gasteiger partial charge in [0, 0.05) is 37.0 Å². The molecule has 0 saturated carbocycles. The molecule has 1 atom stereocenters. The number of nitrogens with zero attached hydrogens (tertiary/aromatic N) is 4. The summed E-state index contributed by atoms with van der Waals surface area (Å²) < 4.78 is 42.0. The third kappa shape index (κ3) is 3.13. The van der Waals surface area contributed by atoms with Gasteiger partial charge in [0.1, 0.15) is 22.1 Å². The topological polar surface area (TPSA) is 102 Å². The Balaban J connectivity index is 1.69. The largest absolute Gasteiger partial charge is 0.481 e. The zero-order chi connectivity index (χ0) is 20.8. The fraction of sp³-hybridized carbons (Fsp3) is 0.250. The number of hydrogen-bond donors (Lipinski definition) is 2. The number of fused-ring (bicyclic) bond motifs is 3. The molecule has 1 saturated heterocycles. The molecule has 10 heteroatoms. The molecule has 4 aromatic rings. The molecule has 1 aliphatic rings. The second-order valence-corrected chi connectivity index (χ2v) is 8.08. The van der Waals surface area contributed by atoms with Crippen molar-refractivity contribution in [3.63, 3.8) is 0 Å². The van der Waals surface area contributed by atoms with Crippen LogP contribution in [0, 0.1) is 5.82 Å². The van der Waals surface area contributed by atoms with Gasteiger partial charge in [-0.05, 0) is 23.8 Å². The zero-order valence-electron chi connectivity index (χ0n) is 16.0. The van der Waals surface area contributed by atoms with Crippen molar-refractivity contribution in [3.8, 4) is 5.88 Å². The number of pyridine rings is 2. The van der Waals surface area contributed by atoms with Crippen molar-refractivity contribution >= 4 is 33.1 Å².